The molecule has 0 saturated carbocycles. The Morgan fingerprint density at radius 2 is 1.06 bits per heavy atom. The van der Waals surface area contributed by atoms with E-state index in [1.54, 1.807) is 13.8 Å². The first-order valence-corrected chi connectivity index (χ1v) is 14.4. The molecule has 0 radical (unpaired) electrons. The van der Waals surface area contributed by atoms with Gasteiger partial charge in [0.15, 0.2) is 0 Å². The number of aliphatic hydroxyl groups is 4. The molecule has 0 spiro atoms. The molecule has 47 heavy (non-hydrogen) atoms. The van der Waals surface area contributed by atoms with Crippen LogP contribution in [-0.2, 0) is 38.4 Å². The van der Waals surface area contributed by atoms with Gasteiger partial charge in [0.25, 0.3) is 0 Å². The summed E-state index contributed by atoms with van der Waals surface area (Å²) in [4.78, 5) is 99.0. The standard InChI is InChI=1S/C26H46N8O13/c1-10(2)5-14(22(42)29-11(3)20(40)33-17(9-37)26(46)47)30-23(43)15(6-18(28)39)31-24(44)16(8-36)32-25(45)19(12(4)38)34-21(41)13(27)7-35/h10-17,19,35-38H,5-9,27H2,1-4H3,(H2,28,39)(H,29,42)(H,30,43)(H,31,44)(H,32,45)(H,33,40)(H,34,41)(H,46,47)/t11-,12+,13-,14-,15-,16-,17-,19-/m0/s1. The van der Waals surface area contributed by atoms with Crippen LogP contribution < -0.4 is 43.4 Å². The van der Waals surface area contributed by atoms with Gasteiger partial charge in [0, 0.05) is 0 Å². The van der Waals surface area contributed by atoms with Crippen LogP contribution in [0.5, 0.6) is 0 Å². The molecule has 8 atom stereocenters. The monoisotopic (exact) mass is 678 g/mol. The summed E-state index contributed by atoms with van der Waals surface area (Å²) in [5.74, 6) is -9.17. The second kappa shape index (κ2) is 20.6. The van der Waals surface area contributed by atoms with Crippen molar-refractivity contribution in [3.63, 3.8) is 0 Å². The van der Waals surface area contributed by atoms with E-state index in [0.29, 0.717) is 0 Å². The molecule has 0 fully saturated rings. The zero-order valence-corrected chi connectivity index (χ0v) is 26.4. The number of nitrogens with one attached hydrogen (secondary N) is 6. The van der Waals surface area contributed by atoms with Crippen molar-refractivity contribution in [1.29, 1.82) is 0 Å². The quantitative estimate of drug-likeness (QED) is 0.0536. The Bertz CT molecular complexity index is 1140. The Hall–Kier alpha value is -4.44. The molecule has 0 rings (SSSR count). The first-order valence-electron chi connectivity index (χ1n) is 14.4. The largest absolute Gasteiger partial charge is 0.480 e. The number of primary amides is 1. The maximum atomic E-state index is 13.2. The maximum Gasteiger partial charge on any atom is 0.328 e. The van der Waals surface area contributed by atoms with Crippen molar-refractivity contribution in [2.75, 3.05) is 19.8 Å². The van der Waals surface area contributed by atoms with E-state index in [2.05, 4.69) is 26.6 Å². The van der Waals surface area contributed by atoms with Crippen LogP contribution in [0.2, 0.25) is 0 Å². The van der Waals surface area contributed by atoms with Gasteiger partial charge in [-0.15, -0.1) is 0 Å². The average Bonchev–Trinajstić information content (AvgIpc) is 2.98. The molecule has 0 aliphatic heterocycles. The van der Waals surface area contributed by atoms with E-state index in [1.165, 1.54) is 6.92 Å². The van der Waals surface area contributed by atoms with Gasteiger partial charge in [0.1, 0.15) is 42.3 Å². The lowest BCUT2D eigenvalue weighted by molar-refractivity contribution is -0.143. The van der Waals surface area contributed by atoms with Gasteiger partial charge in [-0.2, -0.15) is 0 Å². The molecule has 0 unspecified atom stereocenters. The van der Waals surface area contributed by atoms with E-state index in [9.17, 15) is 48.6 Å². The zero-order chi connectivity index (χ0) is 36.6. The summed E-state index contributed by atoms with van der Waals surface area (Å²) in [6.45, 7) is 2.96. The normalized spacial score (nSPS) is 16.1. The van der Waals surface area contributed by atoms with E-state index in [-0.39, 0.29) is 12.3 Å². The number of hydrogen-bond donors (Lipinski definition) is 13. The van der Waals surface area contributed by atoms with Crippen molar-refractivity contribution < 1.29 is 63.9 Å². The predicted molar refractivity (Wildman–Crippen MR) is 159 cm³/mol. The summed E-state index contributed by atoms with van der Waals surface area (Å²) in [5, 5.41) is 59.8. The van der Waals surface area contributed by atoms with Gasteiger partial charge in [0.05, 0.1) is 32.3 Å². The van der Waals surface area contributed by atoms with E-state index >= 15 is 0 Å². The molecule has 0 aromatic rings. The fourth-order valence-electron chi connectivity index (χ4n) is 3.72. The molecule has 0 aliphatic carbocycles. The molecule has 0 heterocycles. The first-order chi connectivity index (χ1) is 21.8. The Morgan fingerprint density at radius 3 is 1.51 bits per heavy atom. The molecule has 0 saturated heterocycles. The van der Waals surface area contributed by atoms with E-state index in [4.69, 9.17) is 26.8 Å². The van der Waals surface area contributed by atoms with Crippen LogP contribution in [-0.4, -0.2) is 141 Å². The smallest absolute Gasteiger partial charge is 0.328 e. The Labute approximate surface area is 269 Å². The maximum absolute atomic E-state index is 13.2. The van der Waals surface area contributed by atoms with Gasteiger partial charge in [-0.3, -0.25) is 33.6 Å². The number of hydrogen-bond acceptors (Lipinski definition) is 13. The number of carbonyl (C=O) groups excluding carboxylic acids is 7. The Balaban J connectivity index is 5.83. The summed E-state index contributed by atoms with van der Waals surface area (Å²) in [7, 11) is 0. The minimum atomic E-state index is -1.79. The highest BCUT2D eigenvalue weighted by molar-refractivity contribution is 5.98. The number of rotatable bonds is 21. The van der Waals surface area contributed by atoms with E-state index < -0.39 is 122 Å². The molecule has 0 bridgehead atoms. The molecule has 21 heteroatoms. The van der Waals surface area contributed by atoms with Crippen molar-refractivity contribution >= 4 is 47.3 Å². The highest BCUT2D eigenvalue weighted by Crippen LogP contribution is 2.07. The highest BCUT2D eigenvalue weighted by Gasteiger charge is 2.34. The third-order valence-electron chi connectivity index (χ3n) is 6.34. The van der Waals surface area contributed by atoms with E-state index in [0.717, 1.165) is 6.92 Å². The van der Waals surface area contributed by atoms with Crippen LogP contribution in [0, 0.1) is 5.92 Å². The fraction of sp³-hybridized carbons (Fsp3) is 0.692. The third-order valence-corrected chi connectivity index (χ3v) is 6.34. The topological polar surface area (TPSA) is 362 Å². The molecular weight excluding hydrogens is 632 g/mol. The first kappa shape index (κ1) is 42.6. The SMILES string of the molecule is CC(C)C[C@H](NC(=O)[C@H](CC(N)=O)NC(=O)[C@H](CO)NC(=O)[C@@H](NC(=O)[C@@H](N)CO)[C@@H](C)O)C(=O)N[C@@H](C)C(=O)N[C@@H](CO)C(=O)O. The molecule has 15 N–H and O–H groups in total. The van der Waals surface area contributed by atoms with Gasteiger partial charge >= 0.3 is 5.97 Å². The van der Waals surface area contributed by atoms with E-state index in [1.807, 2.05) is 5.32 Å². The van der Waals surface area contributed by atoms with Crippen LogP contribution in [0.1, 0.15) is 40.5 Å². The number of carboxylic acids is 1. The van der Waals surface area contributed by atoms with Crippen molar-refractivity contribution in [1.82, 2.24) is 31.9 Å². The molecule has 7 amide bonds. The zero-order valence-electron chi connectivity index (χ0n) is 26.4. The number of amides is 7. The van der Waals surface area contributed by atoms with Crippen LogP contribution in [0.15, 0.2) is 0 Å². The summed E-state index contributed by atoms with van der Waals surface area (Å²) in [6, 6.07) is -11.0. The Kier molecular flexibility index (Phi) is 18.7. The van der Waals surface area contributed by atoms with Crippen LogP contribution >= 0.6 is 0 Å². The average molecular weight is 679 g/mol. The third kappa shape index (κ3) is 15.1. The summed E-state index contributed by atoms with van der Waals surface area (Å²) in [5.41, 5.74) is 10.6. The lowest BCUT2D eigenvalue weighted by Crippen LogP contribution is -2.62. The molecular formula is C26H46N8O13. The highest BCUT2D eigenvalue weighted by atomic mass is 16.4. The molecule has 0 aromatic heterocycles. The van der Waals surface area contributed by atoms with Crippen LogP contribution in [0.25, 0.3) is 0 Å². The van der Waals surface area contributed by atoms with Gasteiger partial charge in [-0.05, 0) is 26.2 Å². The minimum Gasteiger partial charge on any atom is -0.480 e. The van der Waals surface area contributed by atoms with Gasteiger partial charge in [0.2, 0.25) is 41.4 Å². The summed E-state index contributed by atoms with van der Waals surface area (Å²) < 4.78 is 0. The molecule has 0 aliphatic rings. The van der Waals surface area contributed by atoms with Crippen molar-refractivity contribution in [2.45, 2.75) is 88.9 Å². The molecule has 0 aromatic carbocycles. The van der Waals surface area contributed by atoms with Gasteiger partial charge in [-0.25, -0.2) is 4.79 Å². The van der Waals surface area contributed by atoms with Crippen molar-refractivity contribution in [3.8, 4) is 0 Å². The second-order valence-corrected chi connectivity index (χ2v) is 11.0. The van der Waals surface area contributed by atoms with Gasteiger partial charge in [-0.1, -0.05) is 13.8 Å². The number of aliphatic carboxylic acids is 1. The summed E-state index contributed by atoms with van der Waals surface area (Å²) >= 11 is 0. The lowest BCUT2D eigenvalue weighted by Gasteiger charge is -2.27. The van der Waals surface area contributed by atoms with Crippen LogP contribution in [0.4, 0.5) is 0 Å². The van der Waals surface area contributed by atoms with Crippen molar-refractivity contribution in [3.05, 3.63) is 0 Å². The fourth-order valence-corrected chi connectivity index (χ4v) is 3.72. The number of aliphatic hydroxyl groups excluding tert-OH is 4. The summed E-state index contributed by atoms with van der Waals surface area (Å²) in [6.07, 6.45) is -2.35. The Morgan fingerprint density at radius 1 is 0.596 bits per heavy atom. The van der Waals surface area contributed by atoms with Crippen molar-refractivity contribution in [2.24, 2.45) is 17.4 Å². The molecule has 268 valence electrons. The van der Waals surface area contributed by atoms with Gasteiger partial charge < -0.3 is 68.9 Å². The predicted octanol–water partition coefficient (Wildman–Crippen LogP) is -7.39. The number of nitrogens with two attached hydrogens (primary N) is 2. The number of carboxylic acid groups (broad SMARTS) is 1. The van der Waals surface area contributed by atoms with Crippen LogP contribution in [0.3, 0.4) is 0 Å². The second-order valence-electron chi connectivity index (χ2n) is 11.0. The molecule has 21 nitrogen and oxygen atoms in total. The number of carbonyl (C=O) groups is 8. The minimum absolute atomic E-state index is 0.0146. The lowest BCUT2D eigenvalue weighted by atomic mass is 10.0.